The third kappa shape index (κ3) is 2.61. The van der Waals surface area contributed by atoms with Crippen molar-refractivity contribution in [3.05, 3.63) is 0 Å². The first kappa shape index (κ1) is 10.9. The zero-order valence-corrected chi connectivity index (χ0v) is 8.32. The SMILES string of the molecule is CC1(C)CCCN1CC(F)(F)CN. The molecule has 78 valence electrons. The molecule has 1 heterocycles. The molecule has 1 rings (SSSR count). The van der Waals surface area contributed by atoms with E-state index < -0.39 is 12.5 Å². The summed E-state index contributed by atoms with van der Waals surface area (Å²) in [7, 11) is 0. The van der Waals surface area contributed by atoms with E-state index in [-0.39, 0.29) is 12.1 Å². The number of halogens is 2. The highest BCUT2D eigenvalue weighted by Gasteiger charge is 2.38. The van der Waals surface area contributed by atoms with E-state index in [4.69, 9.17) is 5.73 Å². The number of hydrogen-bond donors (Lipinski definition) is 1. The lowest BCUT2D eigenvalue weighted by Gasteiger charge is -2.33. The molecule has 0 unspecified atom stereocenters. The minimum atomic E-state index is -2.73. The van der Waals surface area contributed by atoms with Crippen molar-refractivity contribution in [1.29, 1.82) is 0 Å². The van der Waals surface area contributed by atoms with Gasteiger partial charge in [0.05, 0.1) is 13.1 Å². The van der Waals surface area contributed by atoms with Crippen LogP contribution in [0.25, 0.3) is 0 Å². The van der Waals surface area contributed by atoms with Crippen LogP contribution < -0.4 is 5.73 Å². The number of rotatable bonds is 3. The first-order valence-corrected chi connectivity index (χ1v) is 4.70. The Kier molecular flexibility index (Phi) is 2.92. The summed E-state index contributed by atoms with van der Waals surface area (Å²) in [6, 6.07) is 0. The van der Waals surface area contributed by atoms with Gasteiger partial charge in [-0.2, -0.15) is 0 Å². The lowest BCUT2D eigenvalue weighted by molar-refractivity contribution is -0.0377. The van der Waals surface area contributed by atoms with Gasteiger partial charge in [-0.15, -0.1) is 0 Å². The van der Waals surface area contributed by atoms with Crippen molar-refractivity contribution >= 4 is 0 Å². The Morgan fingerprint density at radius 3 is 2.46 bits per heavy atom. The highest BCUT2D eigenvalue weighted by atomic mass is 19.3. The van der Waals surface area contributed by atoms with E-state index in [1.54, 1.807) is 0 Å². The molecule has 0 bridgehead atoms. The molecule has 0 amide bonds. The minimum absolute atomic E-state index is 0.0847. The molecule has 4 heteroatoms. The van der Waals surface area contributed by atoms with Crippen molar-refractivity contribution in [2.24, 2.45) is 5.73 Å². The van der Waals surface area contributed by atoms with Crippen LogP contribution in [-0.4, -0.2) is 36.0 Å². The van der Waals surface area contributed by atoms with Crippen LogP contribution >= 0.6 is 0 Å². The number of hydrogen-bond acceptors (Lipinski definition) is 2. The van der Waals surface area contributed by atoms with Gasteiger partial charge in [-0.3, -0.25) is 4.90 Å². The molecule has 0 atom stereocenters. The van der Waals surface area contributed by atoms with Crippen LogP contribution in [0.1, 0.15) is 26.7 Å². The van der Waals surface area contributed by atoms with Gasteiger partial charge in [0, 0.05) is 5.54 Å². The minimum Gasteiger partial charge on any atom is -0.325 e. The van der Waals surface area contributed by atoms with Crippen LogP contribution in [0, 0.1) is 0 Å². The monoisotopic (exact) mass is 192 g/mol. The van der Waals surface area contributed by atoms with Gasteiger partial charge in [0.2, 0.25) is 0 Å². The fourth-order valence-corrected chi connectivity index (χ4v) is 1.80. The molecular formula is C9H18F2N2. The van der Waals surface area contributed by atoms with E-state index in [0.717, 1.165) is 19.4 Å². The fourth-order valence-electron chi connectivity index (χ4n) is 1.80. The standard InChI is InChI=1S/C9H18F2N2/c1-8(2)4-3-5-13(8)7-9(10,11)6-12/h3-7,12H2,1-2H3. The second-order valence-electron chi connectivity index (χ2n) is 4.40. The topological polar surface area (TPSA) is 29.3 Å². The smallest absolute Gasteiger partial charge is 0.272 e. The van der Waals surface area contributed by atoms with Crippen LogP contribution in [0.5, 0.6) is 0 Å². The van der Waals surface area contributed by atoms with Crippen LogP contribution in [0.2, 0.25) is 0 Å². The molecule has 2 N–H and O–H groups in total. The fraction of sp³-hybridized carbons (Fsp3) is 1.00. The second-order valence-corrected chi connectivity index (χ2v) is 4.40. The molecule has 0 radical (unpaired) electrons. The average Bonchev–Trinajstić information content (AvgIpc) is 2.31. The quantitative estimate of drug-likeness (QED) is 0.733. The maximum Gasteiger partial charge on any atom is 0.272 e. The van der Waals surface area contributed by atoms with E-state index in [1.807, 2.05) is 18.7 Å². The van der Waals surface area contributed by atoms with E-state index >= 15 is 0 Å². The molecular weight excluding hydrogens is 174 g/mol. The molecule has 2 nitrogen and oxygen atoms in total. The van der Waals surface area contributed by atoms with Crippen LogP contribution in [0.4, 0.5) is 8.78 Å². The summed E-state index contributed by atoms with van der Waals surface area (Å²) in [5.41, 5.74) is 4.91. The van der Waals surface area contributed by atoms with E-state index in [1.165, 1.54) is 0 Å². The van der Waals surface area contributed by atoms with Crippen molar-refractivity contribution in [1.82, 2.24) is 4.90 Å². The van der Waals surface area contributed by atoms with Crippen LogP contribution in [-0.2, 0) is 0 Å². The molecule has 1 aliphatic heterocycles. The Hall–Kier alpha value is -0.220. The molecule has 1 fully saturated rings. The normalized spacial score (nSPS) is 23.8. The first-order chi connectivity index (χ1) is 5.87. The van der Waals surface area contributed by atoms with Crippen LogP contribution in [0.3, 0.4) is 0 Å². The number of likely N-dealkylation sites (tertiary alicyclic amines) is 1. The summed E-state index contributed by atoms with van der Waals surface area (Å²) >= 11 is 0. The van der Waals surface area contributed by atoms with Gasteiger partial charge < -0.3 is 5.73 Å². The Morgan fingerprint density at radius 2 is 2.08 bits per heavy atom. The van der Waals surface area contributed by atoms with Crippen molar-refractivity contribution in [2.45, 2.75) is 38.2 Å². The Balaban J connectivity index is 2.54. The van der Waals surface area contributed by atoms with Gasteiger partial charge in [-0.05, 0) is 33.2 Å². The molecule has 0 saturated carbocycles. The molecule has 0 aromatic rings. The van der Waals surface area contributed by atoms with Crippen molar-refractivity contribution in [2.75, 3.05) is 19.6 Å². The Labute approximate surface area is 78.1 Å². The van der Waals surface area contributed by atoms with Crippen molar-refractivity contribution < 1.29 is 8.78 Å². The van der Waals surface area contributed by atoms with Crippen molar-refractivity contribution in [3.63, 3.8) is 0 Å². The number of nitrogens with zero attached hydrogens (tertiary/aromatic N) is 1. The predicted octanol–water partition coefficient (Wildman–Crippen LogP) is 1.45. The highest BCUT2D eigenvalue weighted by Crippen LogP contribution is 2.30. The lowest BCUT2D eigenvalue weighted by Crippen LogP contribution is -2.47. The van der Waals surface area contributed by atoms with Gasteiger partial charge >= 0.3 is 0 Å². The summed E-state index contributed by atoms with van der Waals surface area (Å²) in [5.74, 6) is -2.73. The third-order valence-electron chi connectivity index (χ3n) is 2.79. The zero-order valence-electron chi connectivity index (χ0n) is 8.32. The Morgan fingerprint density at radius 1 is 1.46 bits per heavy atom. The number of alkyl halides is 2. The van der Waals surface area contributed by atoms with Crippen LogP contribution in [0.15, 0.2) is 0 Å². The van der Waals surface area contributed by atoms with Gasteiger partial charge in [0.1, 0.15) is 0 Å². The highest BCUT2D eigenvalue weighted by molar-refractivity contribution is 4.90. The summed E-state index contributed by atoms with van der Waals surface area (Å²) in [4.78, 5) is 1.83. The van der Waals surface area contributed by atoms with Gasteiger partial charge in [0.15, 0.2) is 0 Å². The number of nitrogens with two attached hydrogens (primary N) is 1. The van der Waals surface area contributed by atoms with Gasteiger partial charge in [0.25, 0.3) is 5.92 Å². The van der Waals surface area contributed by atoms with E-state index in [2.05, 4.69) is 0 Å². The molecule has 1 saturated heterocycles. The van der Waals surface area contributed by atoms with Gasteiger partial charge in [-0.1, -0.05) is 0 Å². The van der Waals surface area contributed by atoms with Gasteiger partial charge in [-0.25, -0.2) is 8.78 Å². The maximum absolute atomic E-state index is 13.0. The Bertz CT molecular complexity index is 180. The summed E-state index contributed by atoms with van der Waals surface area (Å²) in [6.07, 6.45) is 2.00. The maximum atomic E-state index is 13.0. The first-order valence-electron chi connectivity index (χ1n) is 4.70. The molecule has 0 aliphatic carbocycles. The zero-order chi connectivity index (χ0) is 10.1. The second kappa shape index (κ2) is 3.50. The summed E-state index contributed by atoms with van der Waals surface area (Å²) in [5, 5.41) is 0. The lowest BCUT2D eigenvalue weighted by atomic mass is 10.0. The summed E-state index contributed by atoms with van der Waals surface area (Å²) in [6.45, 7) is 4.03. The largest absolute Gasteiger partial charge is 0.325 e. The molecule has 13 heavy (non-hydrogen) atoms. The molecule has 0 aromatic carbocycles. The summed E-state index contributed by atoms with van der Waals surface area (Å²) < 4.78 is 26.0. The molecule has 1 aliphatic rings. The third-order valence-corrected chi connectivity index (χ3v) is 2.79. The van der Waals surface area contributed by atoms with E-state index in [9.17, 15) is 8.78 Å². The van der Waals surface area contributed by atoms with E-state index in [0.29, 0.717) is 0 Å². The molecule has 0 spiro atoms. The van der Waals surface area contributed by atoms with Crippen molar-refractivity contribution in [3.8, 4) is 0 Å². The average molecular weight is 192 g/mol. The molecule has 0 aromatic heterocycles. The predicted molar refractivity (Wildman–Crippen MR) is 48.9 cm³/mol.